The number of nitrogens with zero attached hydrogens (tertiary/aromatic N) is 1. The number of rotatable bonds is 2. The molecule has 0 amide bonds. The molecule has 1 N–H and O–H groups in total. The molecule has 4 rings (SSSR count). The fourth-order valence-electron chi connectivity index (χ4n) is 3.67. The van der Waals surface area contributed by atoms with Crippen molar-refractivity contribution in [2.45, 2.75) is 25.3 Å². The number of nitrogens with one attached hydrogen (secondary N) is 1. The molecule has 0 spiro atoms. The summed E-state index contributed by atoms with van der Waals surface area (Å²) in [5.41, 5.74) is 5.73. The highest BCUT2D eigenvalue weighted by Gasteiger charge is 2.30. The first-order chi connectivity index (χ1) is 9.83. The zero-order chi connectivity index (χ0) is 13.5. The Balaban J connectivity index is 1.62. The summed E-state index contributed by atoms with van der Waals surface area (Å²) < 4.78 is 0. The largest absolute Gasteiger partial charge is 0.384 e. The molecule has 0 saturated heterocycles. The molecule has 2 aromatic carbocycles. The van der Waals surface area contributed by atoms with Gasteiger partial charge in [0.1, 0.15) is 0 Å². The molecule has 0 bridgehead atoms. The molecular formula is C18H20N2. The van der Waals surface area contributed by atoms with Gasteiger partial charge in [0, 0.05) is 36.4 Å². The quantitative estimate of drug-likeness (QED) is 0.890. The van der Waals surface area contributed by atoms with Gasteiger partial charge >= 0.3 is 0 Å². The van der Waals surface area contributed by atoms with E-state index in [9.17, 15) is 0 Å². The smallest absolute Gasteiger partial charge is 0.0402 e. The second-order valence-electron chi connectivity index (χ2n) is 6.00. The molecule has 20 heavy (non-hydrogen) atoms. The topological polar surface area (TPSA) is 15.3 Å². The van der Waals surface area contributed by atoms with Crippen LogP contribution in [0.5, 0.6) is 0 Å². The zero-order valence-corrected chi connectivity index (χ0v) is 11.8. The Kier molecular flexibility index (Phi) is 2.69. The first-order valence-corrected chi connectivity index (χ1v) is 7.50. The van der Waals surface area contributed by atoms with Crippen molar-refractivity contribution < 1.29 is 0 Å². The number of anilines is 2. The van der Waals surface area contributed by atoms with E-state index in [-0.39, 0.29) is 0 Å². The van der Waals surface area contributed by atoms with Gasteiger partial charge in [-0.05, 0) is 36.6 Å². The monoisotopic (exact) mass is 264 g/mol. The number of fused-ring (bicyclic) bond motifs is 2. The lowest BCUT2D eigenvalue weighted by atomic mass is 10.0. The van der Waals surface area contributed by atoms with E-state index in [0.717, 1.165) is 13.1 Å². The average molecular weight is 264 g/mol. The van der Waals surface area contributed by atoms with Crippen molar-refractivity contribution in [1.29, 1.82) is 0 Å². The van der Waals surface area contributed by atoms with E-state index in [0.29, 0.717) is 12.0 Å². The predicted molar refractivity (Wildman–Crippen MR) is 84.6 cm³/mol. The Morgan fingerprint density at radius 3 is 2.85 bits per heavy atom. The first-order valence-electron chi connectivity index (χ1n) is 7.50. The van der Waals surface area contributed by atoms with Crippen LogP contribution in [0.15, 0.2) is 48.5 Å². The van der Waals surface area contributed by atoms with Crippen molar-refractivity contribution >= 4 is 11.4 Å². The van der Waals surface area contributed by atoms with Gasteiger partial charge in [0.25, 0.3) is 0 Å². The standard InChI is InChI=1S/C18H20N2/c1-13-10-14-6-2-5-9-18(14)20(13)12-15-11-19-17-8-4-3-7-16(15)17/h2-9,13,15,19H,10-12H2,1H3. The summed E-state index contributed by atoms with van der Waals surface area (Å²) in [6.07, 6.45) is 1.18. The van der Waals surface area contributed by atoms with Gasteiger partial charge in [-0.1, -0.05) is 36.4 Å². The Bertz CT molecular complexity index is 635. The van der Waals surface area contributed by atoms with Gasteiger partial charge in [0.05, 0.1) is 0 Å². The van der Waals surface area contributed by atoms with Crippen LogP contribution in [0.4, 0.5) is 11.4 Å². The van der Waals surface area contributed by atoms with Crippen LogP contribution in [0.1, 0.15) is 24.0 Å². The molecule has 0 fully saturated rings. The van der Waals surface area contributed by atoms with Crippen LogP contribution in [0.3, 0.4) is 0 Å². The van der Waals surface area contributed by atoms with Crippen LogP contribution in [-0.2, 0) is 6.42 Å². The Morgan fingerprint density at radius 2 is 1.90 bits per heavy atom. The molecule has 2 heterocycles. The van der Waals surface area contributed by atoms with Gasteiger partial charge in [-0.3, -0.25) is 0 Å². The van der Waals surface area contributed by atoms with Crippen LogP contribution >= 0.6 is 0 Å². The van der Waals surface area contributed by atoms with Gasteiger partial charge < -0.3 is 10.2 Å². The van der Waals surface area contributed by atoms with Crippen molar-refractivity contribution in [2.24, 2.45) is 0 Å². The van der Waals surface area contributed by atoms with E-state index in [1.807, 2.05) is 0 Å². The van der Waals surface area contributed by atoms with E-state index in [1.54, 1.807) is 0 Å². The summed E-state index contributed by atoms with van der Waals surface area (Å²) in [6, 6.07) is 18.2. The highest BCUT2D eigenvalue weighted by molar-refractivity contribution is 5.62. The third kappa shape index (κ3) is 1.79. The van der Waals surface area contributed by atoms with Gasteiger partial charge in [-0.2, -0.15) is 0 Å². The van der Waals surface area contributed by atoms with E-state index in [4.69, 9.17) is 0 Å². The van der Waals surface area contributed by atoms with Gasteiger partial charge in [0.15, 0.2) is 0 Å². The Hall–Kier alpha value is -1.96. The van der Waals surface area contributed by atoms with Crippen molar-refractivity contribution in [2.75, 3.05) is 23.3 Å². The molecule has 2 heteroatoms. The summed E-state index contributed by atoms with van der Waals surface area (Å²) in [6.45, 7) is 4.52. The lowest BCUT2D eigenvalue weighted by Gasteiger charge is -2.28. The van der Waals surface area contributed by atoms with Crippen LogP contribution in [-0.4, -0.2) is 19.1 Å². The molecule has 2 aliphatic heterocycles. The van der Waals surface area contributed by atoms with Crippen LogP contribution in [0.25, 0.3) is 0 Å². The second kappa shape index (κ2) is 4.55. The first kappa shape index (κ1) is 11.8. The van der Waals surface area contributed by atoms with Gasteiger partial charge in [-0.25, -0.2) is 0 Å². The third-order valence-corrected chi connectivity index (χ3v) is 4.71. The molecule has 2 nitrogen and oxygen atoms in total. The molecule has 2 atom stereocenters. The summed E-state index contributed by atoms with van der Waals surface area (Å²) in [4.78, 5) is 2.59. The van der Waals surface area contributed by atoms with Crippen molar-refractivity contribution in [3.63, 3.8) is 0 Å². The van der Waals surface area contributed by atoms with Crippen molar-refractivity contribution in [3.05, 3.63) is 59.7 Å². The maximum atomic E-state index is 3.54. The maximum Gasteiger partial charge on any atom is 0.0402 e. The molecular weight excluding hydrogens is 244 g/mol. The van der Waals surface area contributed by atoms with Gasteiger partial charge in [0.2, 0.25) is 0 Å². The van der Waals surface area contributed by atoms with Crippen LogP contribution < -0.4 is 10.2 Å². The van der Waals surface area contributed by atoms with Crippen molar-refractivity contribution in [3.8, 4) is 0 Å². The molecule has 2 aliphatic rings. The van der Waals surface area contributed by atoms with E-state index in [2.05, 4.69) is 65.7 Å². The minimum Gasteiger partial charge on any atom is -0.384 e. The number of benzene rings is 2. The fourth-order valence-corrected chi connectivity index (χ4v) is 3.67. The zero-order valence-electron chi connectivity index (χ0n) is 11.8. The van der Waals surface area contributed by atoms with Crippen LogP contribution in [0, 0.1) is 0 Å². The number of hydrogen-bond acceptors (Lipinski definition) is 2. The minimum atomic E-state index is 0.597. The highest BCUT2D eigenvalue weighted by atomic mass is 15.2. The Morgan fingerprint density at radius 1 is 1.10 bits per heavy atom. The predicted octanol–water partition coefficient (Wildman–Crippen LogP) is 3.65. The van der Waals surface area contributed by atoms with Crippen molar-refractivity contribution in [1.82, 2.24) is 0 Å². The maximum absolute atomic E-state index is 3.54. The highest BCUT2D eigenvalue weighted by Crippen LogP contribution is 2.37. The molecule has 2 aromatic rings. The summed E-state index contributed by atoms with van der Waals surface area (Å²) in [5.74, 6) is 0.597. The second-order valence-corrected chi connectivity index (χ2v) is 6.00. The normalized spacial score (nSPS) is 23.4. The third-order valence-electron chi connectivity index (χ3n) is 4.71. The molecule has 102 valence electrons. The van der Waals surface area contributed by atoms with Crippen LogP contribution in [0.2, 0.25) is 0 Å². The molecule has 0 aliphatic carbocycles. The van der Waals surface area contributed by atoms with E-state index < -0.39 is 0 Å². The summed E-state index contributed by atoms with van der Waals surface area (Å²) in [7, 11) is 0. The van der Waals surface area contributed by atoms with E-state index >= 15 is 0 Å². The Labute approximate surface area is 120 Å². The number of para-hydroxylation sites is 2. The molecule has 0 radical (unpaired) electrons. The lowest BCUT2D eigenvalue weighted by Crippen LogP contribution is -2.34. The van der Waals surface area contributed by atoms with E-state index in [1.165, 1.54) is 28.9 Å². The SMILES string of the molecule is CC1Cc2ccccc2N1CC1CNc2ccccc21. The van der Waals surface area contributed by atoms with Gasteiger partial charge in [-0.15, -0.1) is 0 Å². The summed E-state index contributed by atoms with van der Waals surface area (Å²) >= 11 is 0. The molecule has 2 unspecified atom stereocenters. The fraction of sp³-hybridized carbons (Fsp3) is 0.333. The lowest BCUT2D eigenvalue weighted by molar-refractivity contribution is 0.621. The molecule has 0 saturated carbocycles. The summed E-state index contributed by atoms with van der Waals surface area (Å²) in [5, 5.41) is 3.54. The number of hydrogen-bond donors (Lipinski definition) is 1. The minimum absolute atomic E-state index is 0.597. The molecule has 0 aromatic heterocycles. The average Bonchev–Trinajstić information content (AvgIpc) is 3.02.